The second-order valence-electron chi connectivity index (χ2n) is 4.00. The van der Waals surface area contributed by atoms with Crippen LogP contribution in [-0.2, 0) is 0 Å². The van der Waals surface area contributed by atoms with Gasteiger partial charge in [0.2, 0.25) is 5.75 Å². The SMILES string of the molecule is Cc1ccc(Br)cc1Oc1cc(F)c(Cl)cc1[N+](=O)[O-]. The Labute approximate surface area is 127 Å². The van der Waals surface area contributed by atoms with Gasteiger partial charge in [-0.2, -0.15) is 0 Å². The monoisotopic (exact) mass is 359 g/mol. The van der Waals surface area contributed by atoms with E-state index in [1.54, 1.807) is 25.1 Å². The standard InChI is InChI=1S/C13H8BrClFNO3/c1-7-2-3-8(14)4-12(7)20-13-6-10(16)9(15)5-11(13)17(18)19/h2-6H,1H3. The van der Waals surface area contributed by atoms with Gasteiger partial charge < -0.3 is 4.74 Å². The van der Waals surface area contributed by atoms with Gasteiger partial charge in [-0.25, -0.2) is 4.39 Å². The molecule has 0 unspecified atom stereocenters. The van der Waals surface area contributed by atoms with Crippen molar-refractivity contribution >= 4 is 33.2 Å². The van der Waals surface area contributed by atoms with Crippen molar-refractivity contribution in [2.75, 3.05) is 0 Å². The molecule has 0 fully saturated rings. The average molecular weight is 361 g/mol. The van der Waals surface area contributed by atoms with Gasteiger partial charge >= 0.3 is 5.69 Å². The molecule has 104 valence electrons. The Bertz CT molecular complexity index is 694. The molecular weight excluding hydrogens is 353 g/mol. The zero-order chi connectivity index (χ0) is 14.9. The highest BCUT2D eigenvalue weighted by molar-refractivity contribution is 9.10. The van der Waals surface area contributed by atoms with Gasteiger partial charge in [-0.05, 0) is 24.6 Å². The van der Waals surface area contributed by atoms with E-state index < -0.39 is 16.4 Å². The van der Waals surface area contributed by atoms with Crippen LogP contribution in [0, 0.1) is 22.9 Å². The number of nitro groups is 1. The van der Waals surface area contributed by atoms with Crippen molar-refractivity contribution in [1.82, 2.24) is 0 Å². The number of ether oxygens (including phenoxy) is 1. The van der Waals surface area contributed by atoms with Crippen LogP contribution >= 0.6 is 27.5 Å². The van der Waals surface area contributed by atoms with E-state index in [0.717, 1.165) is 22.2 Å². The van der Waals surface area contributed by atoms with E-state index in [1.807, 2.05) is 0 Å². The van der Waals surface area contributed by atoms with Crippen LogP contribution < -0.4 is 4.74 Å². The summed E-state index contributed by atoms with van der Waals surface area (Å²) in [5, 5.41) is 10.6. The molecule has 2 aromatic carbocycles. The molecule has 0 radical (unpaired) electrons. The molecule has 0 aromatic heterocycles. The van der Waals surface area contributed by atoms with Crippen LogP contribution in [0.3, 0.4) is 0 Å². The van der Waals surface area contributed by atoms with Crippen molar-refractivity contribution in [2.45, 2.75) is 6.92 Å². The molecule has 2 aromatic rings. The average Bonchev–Trinajstić information content (AvgIpc) is 2.37. The number of halogens is 3. The Hall–Kier alpha value is -1.66. The molecule has 2 rings (SSSR count). The molecule has 7 heteroatoms. The zero-order valence-corrected chi connectivity index (χ0v) is 12.5. The summed E-state index contributed by atoms with van der Waals surface area (Å²) in [6.07, 6.45) is 0. The second-order valence-corrected chi connectivity index (χ2v) is 5.33. The highest BCUT2D eigenvalue weighted by Gasteiger charge is 2.20. The molecule has 0 atom stereocenters. The summed E-state index contributed by atoms with van der Waals surface area (Å²) in [7, 11) is 0. The smallest absolute Gasteiger partial charge is 0.313 e. The number of benzene rings is 2. The first-order valence-electron chi connectivity index (χ1n) is 5.46. The van der Waals surface area contributed by atoms with Crippen LogP contribution in [0.5, 0.6) is 11.5 Å². The van der Waals surface area contributed by atoms with Crippen molar-refractivity contribution < 1.29 is 14.1 Å². The molecule has 0 saturated carbocycles. The molecule has 0 spiro atoms. The quantitative estimate of drug-likeness (QED) is 0.555. The van der Waals surface area contributed by atoms with Crippen molar-refractivity contribution in [3.05, 3.63) is 61.3 Å². The lowest BCUT2D eigenvalue weighted by Crippen LogP contribution is -1.96. The van der Waals surface area contributed by atoms with E-state index in [4.69, 9.17) is 16.3 Å². The molecule has 4 nitrogen and oxygen atoms in total. The summed E-state index contributed by atoms with van der Waals surface area (Å²) in [6.45, 7) is 1.78. The van der Waals surface area contributed by atoms with Crippen molar-refractivity contribution in [3.8, 4) is 11.5 Å². The predicted molar refractivity (Wildman–Crippen MR) is 77.0 cm³/mol. The van der Waals surface area contributed by atoms with Gasteiger partial charge in [0, 0.05) is 16.6 Å². The predicted octanol–water partition coefficient (Wildman–Crippen LogP) is 5.25. The van der Waals surface area contributed by atoms with Crippen LogP contribution in [0.1, 0.15) is 5.56 Å². The maximum Gasteiger partial charge on any atom is 0.313 e. The van der Waals surface area contributed by atoms with E-state index >= 15 is 0 Å². The summed E-state index contributed by atoms with van der Waals surface area (Å²) in [5.41, 5.74) is 0.369. The van der Waals surface area contributed by atoms with Gasteiger partial charge in [0.25, 0.3) is 0 Å². The highest BCUT2D eigenvalue weighted by Crippen LogP contribution is 2.37. The molecule has 0 aliphatic heterocycles. The lowest BCUT2D eigenvalue weighted by atomic mass is 10.2. The summed E-state index contributed by atoms with van der Waals surface area (Å²) >= 11 is 8.82. The van der Waals surface area contributed by atoms with E-state index in [1.165, 1.54) is 0 Å². The lowest BCUT2D eigenvalue weighted by Gasteiger charge is -2.10. The fraction of sp³-hybridized carbons (Fsp3) is 0.0769. The van der Waals surface area contributed by atoms with Crippen LogP contribution in [-0.4, -0.2) is 4.92 Å². The topological polar surface area (TPSA) is 52.4 Å². The third-order valence-electron chi connectivity index (χ3n) is 2.57. The summed E-state index contributed by atoms with van der Waals surface area (Å²) < 4.78 is 19.7. The Morgan fingerprint density at radius 3 is 2.65 bits per heavy atom. The minimum atomic E-state index is -0.778. The largest absolute Gasteiger partial charge is 0.450 e. The van der Waals surface area contributed by atoms with Crippen molar-refractivity contribution in [2.24, 2.45) is 0 Å². The van der Waals surface area contributed by atoms with Gasteiger partial charge in [0.15, 0.2) is 0 Å². The first kappa shape index (κ1) is 14.7. The molecular formula is C13H8BrClFNO3. The summed E-state index contributed by atoms with van der Waals surface area (Å²) in [4.78, 5) is 10.3. The fourth-order valence-corrected chi connectivity index (χ4v) is 2.04. The normalized spacial score (nSPS) is 10.4. The van der Waals surface area contributed by atoms with Crippen LogP contribution in [0.15, 0.2) is 34.8 Å². The Morgan fingerprint density at radius 2 is 2.00 bits per heavy atom. The van der Waals surface area contributed by atoms with E-state index in [-0.39, 0.29) is 10.8 Å². The molecule has 20 heavy (non-hydrogen) atoms. The summed E-state index contributed by atoms with van der Waals surface area (Å²) in [6, 6.07) is 7.06. The molecule has 0 bridgehead atoms. The fourth-order valence-electron chi connectivity index (χ4n) is 1.54. The molecule has 0 N–H and O–H groups in total. The number of hydrogen-bond acceptors (Lipinski definition) is 3. The van der Waals surface area contributed by atoms with Crippen LogP contribution in [0.4, 0.5) is 10.1 Å². The lowest BCUT2D eigenvalue weighted by molar-refractivity contribution is -0.385. The molecule has 0 aliphatic rings. The molecule has 0 heterocycles. The van der Waals surface area contributed by atoms with E-state index in [0.29, 0.717) is 5.75 Å². The number of hydrogen-bond donors (Lipinski definition) is 0. The Kier molecular flexibility index (Phi) is 4.25. The summed E-state index contributed by atoms with van der Waals surface area (Å²) in [5.74, 6) is -0.581. The van der Waals surface area contributed by atoms with Gasteiger partial charge in [0.1, 0.15) is 11.6 Å². The third-order valence-corrected chi connectivity index (χ3v) is 3.35. The number of aryl methyl sites for hydroxylation is 1. The Balaban J connectivity index is 2.50. The highest BCUT2D eigenvalue weighted by atomic mass is 79.9. The molecule has 0 aliphatic carbocycles. The second kappa shape index (κ2) is 5.76. The number of nitro benzene ring substituents is 1. The first-order valence-corrected chi connectivity index (χ1v) is 6.63. The number of nitrogens with zero attached hydrogens (tertiary/aromatic N) is 1. The maximum atomic E-state index is 13.5. The van der Waals surface area contributed by atoms with Gasteiger partial charge in [-0.15, -0.1) is 0 Å². The minimum absolute atomic E-state index is 0.196. The minimum Gasteiger partial charge on any atom is -0.450 e. The number of rotatable bonds is 3. The zero-order valence-electron chi connectivity index (χ0n) is 10.2. The van der Waals surface area contributed by atoms with Gasteiger partial charge in [-0.3, -0.25) is 10.1 Å². The van der Waals surface area contributed by atoms with Crippen LogP contribution in [0.2, 0.25) is 5.02 Å². The maximum absolute atomic E-state index is 13.5. The van der Waals surface area contributed by atoms with E-state index in [2.05, 4.69) is 15.9 Å². The van der Waals surface area contributed by atoms with E-state index in [9.17, 15) is 14.5 Å². The van der Waals surface area contributed by atoms with Crippen LogP contribution in [0.25, 0.3) is 0 Å². The Morgan fingerprint density at radius 1 is 1.30 bits per heavy atom. The third kappa shape index (κ3) is 3.08. The molecule has 0 amide bonds. The first-order chi connectivity index (χ1) is 9.38. The van der Waals surface area contributed by atoms with Gasteiger partial charge in [-0.1, -0.05) is 33.6 Å². The molecule has 0 saturated heterocycles. The van der Waals surface area contributed by atoms with Crippen molar-refractivity contribution in [1.29, 1.82) is 0 Å². The van der Waals surface area contributed by atoms with Crippen molar-refractivity contribution in [3.63, 3.8) is 0 Å². The van der Waals surface area contributed by atoms with Gasteiger partial charge in [0.05, 0.1) is 9.95 Å².